The summed E-state index contributed by atoms with van der Waals surface area (Å²) in [6.07, 6.45) is 6.19. The summed E-state index contributed by atoms with van der Waals surface area (Å²) < 4.78 is 0. The summed E-state index contributed by atoms with van der Waals surface area (Å²) in [6.45, 7) is 7.23. The van der Waals surface area contributed by atoms with Gasteiger partial charge in [0.15, 0.2) is 0 Å². The molecule has 0 aliphatic carbocycles. The Morgan fingerprint density at radius 3 is 1.62 bits per heavy atom. The highest BCUT2D eigenvalue weighted by atomic mass is 16.4. The number of nitrogens with zero attached hydrogens (tertiary/aromatic N) is 1. The van der Waals surface area contributed by atoms with E-state index in [0.29, 0.717) is 11.3 Å². The number of H-pyrrole nitrogens is 3. The number of carbonyl (C=O) groups excluding carboxylic acids is 6. The first kappa shape index (κ1) is 48.0. The Bertz CT molecular complexity index is 2410. The summed E-state index contributed by atoms with van der Waals surface area (Å²) in [5.41, 5.74) is 15.5. The molecule has 3 heterocycles. The first-order chi connectivity index (χ1) is 30.5. The smallest absolute Gasteiger partial charge is 0.326 e. The third kappa shape index (κ3) is 13.5. The quantitative estimate of drug-likeness (QED) is 0.0425. The van der Waals surface area contributed by atoms with Gasteiger partial charge in [0.25, 0.3) is 0 Å². The van der Waals surface area contributed by atoms with E-state index in [1.54, 1.807) is 26.2 Å². The lowest BCUT2D eigenvalue weighted by molar-refractivity contribution is -0.143. The number of carboxylic acids is 1. The van der Waals surface area contributed by atoms with Crippen LogP contribution in [0.15, 0.2) is 73.4 Å². The van der Waals surface area contributed by atoms with Crippen LogP contribution in [0.4, 0.5) is 0 Å². The number of amides is 6. The first-order valence-corrected chi connectivity index (χ1v) is 21.3. The van der Waals surface area contributed by atoms with Crippen LogP contribution in [0.1, 0.15) is 70.2 Å². The number of hydrogen-bond donors (Lipinski definition) is 11. The van der Waals surface area contributed by atoms with Crippen LogP contribution in [-0.2, 0) is 52.8 Å². The van der Waals surface area contributed by atoms with E-state index in [0.717, 1.165) is 27.4 Å². The number of fused-ring (bicyclic) bond motifs is 2. The highest BCUT2D eigenvalue weighted by molar-refractivity contribution is 5.97. The number of aliphatic carboxylic acids is 1. The number of rotatable bonds is 24. The van der Waals surface area contributed by atoms with E-state index in [4.69, 9.17) is 11.5 Å². The second-order valence-electron chi connectivity index (χ2n) is 16.9. The minimum Gasteiger partial charge on any atom is -0.480 e. The largest absolute Gasteiger partial charge is 0.480 e. The fraction of sp³-hybridized carbons (Fsp3) is 0.422. The second-order valence-corrected chi connectivity index (χ2v) is 16.9. The van der Waals surface area contributed by atoms with Gasteiger partial charge in [0, 0.05) is 65.4 Å². The molecule has 342 valence electrons. The van der Waals surface area contributed by atoms with E-state index in [-0.39, 0.29) is 56.8 Å². The number of carboxylic acid groups (broad SMARTS) is 1. The molecule has 13 N–H and O–H groups in total. The van der Waals surface area contributed by atoms with Crippen molar-refractivity contribution < 1.29 is 38.7 Å². The van der Waals surface area contributed by atoms with E-state index < -0.39 is 77.7 Å². The monoisotopic (exact) mass is 881 g/mol. The summed E-state index contributed by atoms with van der Waals surface area (Å²) in [5, 5.41) is 24.9. The van der Waals surface area contributed by atoms with Gasteiger partial charge in [-0.05, 0) is 60.8 Å². The lowest BCUT2D eigenvalue weighted by Crippen LogP contribution is -2.60. The van der Waals surface area contributed by atoms with Gasteiger partial charge in [-0.1, -0.05) is 64.1 Å². The number of nitrogens with two attached hydrogens (primary N) is 2. The van der Waals surface area contributed by atoms with Gasteiger partial charge in [0.05, 0.1) is 12.4 Å². The molecule has 0 radical (unpaired) electrons. The first-order valence-electron chi connectivity index (χ1n) is 21.3. The van der Waals surface area contributed by atoms with Crippen LogP contribution >= 0.6 is 0 Å². The van der Waals surface area contributed by atoms with Gasteiger partial charge < -0.3 is 58.1 Å². The maximum absolute atomic E-state index is 14.5. The minimum absolute atomic E-state index is 0.0359. The van der Waals surface area contributed by atoms with E-state index >= 15 is 0 Å². The molecule has 19 heteroatoms. The fourth-order valence-corrected chi connectivity index (χ4v) is 7.50. The van der Waals surface area contributed by atoms with E-state index in [9.17, 15) is 38.7 Å². The Hall–Kier alpha value is -7.02. The molecule has 5 aromatic rings. The fourth-order valence-electron chi connectivity index (χ4n) is 7.50. The Morgan fingerprint density at radius 1 is 0.609 bits per heavy atom. The van der Waals surface area contributed by atoms with Crippen molar-refractivity contribution in [3.63, 3.8) is 0 Å². The SMILES string of the molecule is CC(C)C[C@H](NC(=O)[C@H](CCC(N)=O)NC(=O)[C@H](CC(C)C)NC(=O)[C@H](Cc1c[nH]c2ccccc12)NC(=O)[C@H](Cc1cnc[nH]1)NC(=O)[C@@H](N)Cc1c[nH]c2ccccc12)C(=O)O. The molecule has 2 aromatic carbocycles. The molecule has 0 spiro atoms. The van der Waals surface area contributed by atoms with Gasteiger partial charge in [-0.2, -0.15) is 0 Å². The molecule has 0 saturated heterocycles. The number of carbonyl (C=O) groups is 7. The predicted molar refractivity (Wildman–Crippen MR) is 239 cm³/mol. The average molecular weight is 882 g/mol. The van der Waals surface area contributed by atoms with Crippen LogP contribution < -0.4 is 38.1 Å². The van der Waals surface area contributed by atoms with Crippen molar-refractivity contribution >= 4 is 63.2 Å². The van der Waals surface area contributed by atoms with Gasteiger partial charge in [0.2, 0.25) is 35.4 Å². The standard InChI is InChI=1S/C45H59N11O8/c1-24(2)15-35(42(60)52-34(13-14-39(47)57)41(59)56-38(45(63)64)16-25(3)4)54-43(61)36(18-27-21-50-33-12-8-6-10-30(27)33)55-44(62)37(19-28-22-48-23-51-28)53-40(58)31(46)17-26-20-49-32-11-7-5-9-29(26)32/h5-12,20-25,31,34-38,49-50H,13-19,46H2,1-4H3,(H2,47,57)(H,48,51)(H,52,60)(H,53,58)(H,54,61)(H,55,62)(H,56,59)(H,63,64)/t31-,34-,35-,36-,37-,38-/m0/s1. The van der Waals surface area contributed by atoms with E-state index in [1.807, 2.05) is 62.4 Å². The van der Waals surface area contributed by atoms with Gasteiger partial charge >= 0.3 is 5.97 Å². The third-order valence-corrected chi connectivity index (χ3v) is 10.8. The normalized spacial score (nSPS) is 14.3. The van der Waals surface area contributed by atoms with Crippen molar-refractivity contribution in [3.05, 3.63) is 90.3 Å². The molecule has 6 amide bonds. The zero-order valence-electron chi connectivity index (χ0n) is 36.4. The summed E-state index contributed by atoms with van der Waals surface area (Å²) >= 11 is 0. The number of aromatic amines is 3. The van der Waals surface area contributed by atoms with Crippen LogP contribution in [-0.4, -0.2) is 103 Å². The molecule has 5 rings (SSSR count). The third-order valence-electron chi connectivity index (χ3n) is 10.8. The number of nitrogens with one attached hydrogen (secondary N) is 8. The zero-order valence-corrected chi connectivity index (χ0v) is 36.4. The molecule has 19 nitrogen and oxygen atoms in total. The molecule has 6 atom stereocenters. The van der Waals surface area contributed by atoms with Gasteiger partial charge in [0.1, 0.15) is 30.2 Å². The second kappa shape index (κ2) is 22.4. The van der Waals surface area contributed by atoms with Crippen molar-refractivity contribution in [3.8, 4) is 0 Å². The molecule has 64 heavy (non-hydrogen) atoms. The number of aromatic nitrogens is 4. The Labute approximate surface area is 370 Å². The van der Waals surface area contributed by atoms with Crippen molar-refractivity contribution in [1.29, 1.82) is 0 Å². The summed E-state index contributed by atoms with van der Waals surface area (Å²) in [7, 11) is 0. The van der Waals surface area contributed by atoms with Crippen molar-refractivity contribution in [1.82, 2.24) is 46.5 Å². The summed E-state index contributed by atoms with van der Waals surface area (Å²) in [6, 6.07) is 7.50. The minimum atomic E-state index is -1.38. The van der Waals surface area contributed by atoms with Crippen molar-refractivity contribution in [2.45, 2.75) is 109 Å². The van der Waals surface area contributed by atoms with Crippen molar-refractivity contribution in [2.75, 3.05) is 0 Å². The molecule has 3 aromatic heterocycles. The maximum atomic E-state index is 14.5. The number of para-hydroxylation sites is 2. The van der Waals surface area contributed by atoms with E-state index in [1.165, 1.54) is 12.5 Å². The molecule has 0 aliphatic rings. The summed E-state index contributed by atoms with van der Waals surface area (Å²) in [4.78, 5) is 107. The van der Waals surface area contributed by atoms with Gasteiger partial charge in [-0.25, -0.2) is 9.78 Å². The Morgan fingerprint density at radius 2 is 1.08 bits per heavy atom. The molecular formula is C45H59N11O8. The molecule has 0 saturated carbocycles. The lowest BCUT2D eigenvalue weighted by atomic mass is 9.99. The van der Waals surface area contributed by atoms with Crippen LogP contribution in [0.5, 0.6) is 0 Å². The number of imidazole rings is 1. The molecule has 0 fully saturated rings. The van der Waals surface area contributed by atoms with Crippen LogP contribution in [0, 0.1) is 11.8 Å². The van der Waals surface area contributed by atoms with Gasteiger partial charge in [-0.15, -0.1) is 0 Å². The van der Waals surface area contributed by atoms with E-state index in [2.05, 4.69) is 46.5 Å². The lowest BCUT2D eigenvalue weighted by Gasteiger charge is -2.28. The number of benzene rings is 2. The number of hydrogen-bond acceptors (Lipinski definition) is 9. The summed E-state index contributed by atoms with van der Waals surface area (Å²) in [5.74, 6) is -5.96. The topological polar surface area (TPSA) is 312 Å². The van der Waals surface area contributed by atoms with Crippen LogP contribution in [0.25, 0.3) is 21.8 Å². The van der Waals surface area contributed by atoms with Crippen LogP contribution in [0.2, 0.25) is 0 Å². The maximum Gasteiger partial charge on any atom is 0.326 e. The Balaban J connectivity index is 1.39. The molecular weight excluding hydrogens is 823 g/mol. The Kier molecular flexibility index (Phi) is 16.8. The molecule has 0 bridgehead atoms. The predicted octanol–water partition coefficient (Wildman–Crippen LogP) is 1.59. The van der Waals surface area contributed by atoms with Crippen LogP contribution in [0.3, 0.4) is 0 Å². The number of primary amides is 1. The average Bonchev–Trinajstić information content (AvgIpc) is 4.01. The molecule has 0 unspecified atom stereocenters. The highest BCUT2D eigenvalue weighted by Gasteiger charge is 2.34. The highest BCUT2D eigenvalue weighted by Crippen LogP contribution is 2.21. The van der Waals surface area contributed by atoms with Crippen molar-refractivity contribution in [2.24, 2.45) is 23.3 Å². The van der Waals surface area contributed by atoms with Gasteiger partial charge in [-0.3, -0.25) is 28.8 Å². The molecule has 0 aliphatic heterocycles. The zero-order chi connectivity index (χ0) is 46.5.